The maximum Gasteiger partial charge on any atom is 0.197 e. The lowest BCUT2D eigenvalue weighted by atomic mass is 10.1. The summed E-state index contributed by atoms with van der Waals surface area (Å²) in [5.74, 6) is 1.32. The third-order valence-electron chi connectivity index (χ3n) is 5.71. The minimum Gasteiger partial charge on any atom is -0.507 e. The summed E-state index contributed by atoms with van der Waals surface area (Å²) >= 11 is 0. The topological polar surface area (TPSA) is 95.2 Å². The van der Waals surface area contributed by atoms with Crippen LogP contribution in [0.25, 0.3) is 22.3 Å². The van der Waals surface area contributed by atoms with Gasteiger partial charge in [-0.3, -0.25) is 9.59 Å². The Morgan fingerprint density at radius 2 is 1.88 bits per heavy atom. The van der Waals surface area contributed by atoms with Crippen molar-refractivity contribution in [3.05, 3.63) is 46.6 Å². The molecule has 1 unspecified atom stereocenters. The Hall–Kier alpha value is -3.48. The summed E-state index contributed by atoms with van der Waals surface area (Å²) in [6.45, 7) is 3.03. The molecule has 1 heterocycles. The van der Waals surface area contributed by atoms with Crippen LogP contribution in [0.3, 0.4) is 0 Å². The number of fused-ring (bicyclic) bond motifs is 1. The predicted octanol–water partition coefficient (Wildman–Crippen LogP) is 4.85. The van der Waals surface area contributed by atoms with Gasteiger partial charge in [0.25, 0.3) is 0 Å². The van der Waals surface area contributed by atoms with E-state index >= 15 is 0 Å². The third-order valence-corrected chi connectivity index (χ3v) is 5.71. The SMILES string of the molecule is COc1ccc(-c2cc(=O)c3c(O)cc(OC(C)C(C)=O)cc3o2)cc1OC1CCCC1. The van der Waals surface area contributed by atoms with Crippen LogP contribution in [0.15, 0.2) is 45.6 Å². The number of ether oxygens (including phenoxy) is 3. The van der Waals surface area contributed by atoms with Gasteiger partial charge in [0.15, 0.2) is 28.8 Å². The van der Waals surface area contributed by atoms with Gasteiger partial charge in [-0.15, -0.1) is 0 Å². The lowest BCUT2D eigenvalue weighted by Crippen LogP contribution is -2.20. The lowest BCUT2D eigenvalue weighted by molar-refractivity contribution is -0.122. The second kappa shape index (κ2) is 8.94. The highest BCUT2D eigenvalue weighted by Gasteiger charge is 2.20. The van der Waals surface area contributed by atoms with Crippen molar-refractivity contribution in [1.82, 2.24) is 0 Å². The van der Waals surface area contributed by atoms with Gasteiger partial charge in [0, 0.05) is 23.8 Å². The number of carbonyl (C=O) groups is 1. The molecule has 0 aliphatic heterocycles. The quantitative estimate of drug-likeness (QED) is 0.563. The molecule has 0 spiro atoms. The van der Waals surface area contributed by atoms with Crippen molar-refractivity contribution < 1.29 is 28.5 Å². The number of hydrogen-bond donors (Lipinski definition) is 1. The van der Waals surface area contributed by atoms with Crippen LogP contribution in [0.4, 0.5) is 0 Å². The van der Waals surface area contributed by atoms with E-state index < -0.39 is 6.10 Å². The number of carbonyl (C=O) groups excluding carboxylic acids is 1. The minimum atomic E-state index is -0.696. The van der Waals surface area contributed by atoms with E-state index in [0.717, 1.165) is 25.7 Å². The molecule has 3 aromatic rings. The first-order valence-corrected chi connectivity index (χ1v) is 10.7. The van der Waals surface area contributed by atoms with Gasteiger partial charge in [0.05, 0.1) is 13.2 Å². The molecule has 7 heteroatoms. The van der Waals surface area contributed by atoms with Gasteiger partial charge in [-0.2, -0.15) is 0 Å². The lowest BCUT2D eigenvalue weighted by Gasteiger charge is -2.17. The number of aromatic hydroxyl groups is 1. The normalized spacial score (nSPS) is 15.0. The summed E-state index contributed by atoms with van der Waals surface area (Å²) in [4.78, 5) is 24.3. The summed E-state index contributed by atoms with van der Waals surface area (Å²) in [5.41, 5.74) is 0.409. The molecule has 0 saturated heterocycles. The second-order valence-electron chi connectivity index (χ2n) is 8.05. The van der Waals surface area contributed by atoms with E-state index in [2.05, 4.69) is 0 Å². The molecule has 32 heavy (non-hydrogen) atoms. The van der Waals surface area contributed by atoms with Gasteiger partial charge in [0.1, 0.15) is 28.2 Å². The Bertz CT molecular complexity index is 1200. The Labute approximate surface area is 185 Å². The van der Waals surface area contributed by atoms with Gasteiger partial charge < -0.3 is 23.7 Å². The number of hydrogen-bond acceptors (Lipinski definition) is 7. The summed E-state index contributed by atoms with van der Waals surface area (Å²) in [6.07, 6.45) is 3.73. The Kier molecular flexibility index (Phi) is 6.08. The number of methoxy groups -OCH3 is 1. The number of ketones is 1. The largest absolute Gasteiger partial charge is 0.507 e. The van der Waals surface area contributed by atoms with Crippen LogP contribution in [-0.4, -0.2) is 30.2 Å². The highest BCUT2D eigenvalue weighted by atomic mass is 16.5. The van der Waals surface area contributed by atoms with E-state index in [-0.39, 0.29) is 39.8 Å². The van der Waals surface area contributed by atoms with Crippen molar-refractivity contribution in [2.45, 2.75) is 51.7 Å². The predicted molar refractivity (Wildman–Crippen MR) is 120 cm³/mol. The third kappa shape index (κ3) is 4.42. The van der Waals surface area contributed by atoms with Crippen LogP contribution in [0.2, 0.25) is 0 Å². The molecule has 1 fully saturated rings. The fourth-order valence-electron chi connectivity index (χ4n) is 3.85. The first kappa shape index (κ1) is 21.7. The van der Waals surface area contributed by atoms with Gasteiger partial charge >= 0.3 is 0 Å². The van der Waals surface area contributed by atoms with E-state index in [1.807, 2.05) is 0 Å². The van der Waals surface area contributed by atoms with Crippen LogP contribution in [0.5, 0.6) is 23.0 Å². The van der Waals surface area contributed by atoms with Gasteiger partial charge in [-0.05, 0) is 57.7 Å². The van der Waals surface area contributed by atoms with Crippen molar-refractivity contribution in [2.24, 2.45) is 0 Å². The van der Waals surface area contributed by atoms with Gasteiger partial charge in [-0.1, -0.05) is 0 Å². The van der Waals surface area contributed by atoms with Crippen molar-refractivity contribution in [3.8, 4) is 34.3 Å². The summed E-state index contributed by atoms with van der Waals surface area (Å²) < 4.78 is 23.1. The molecule has 1 aliphatic rings. The molecular formula is C25H26O7. The molecule has 2 aromatic carbocycles. The van der Waals surface area contributed by atoms with Crippen LogP contribution < -0.4 is 19.6 Å². The molecule has 0 amide bonds. The second-order valence-corrected chi connectivity index (χ2v) is 8.05. The molecule has 168 valence electrons. The average molecular weight is 438 g/mol. The average Bonchev–Trinajstić information content (AvgIpc) is 3.26. The molecule has 1 N–H and O–H groups in total. The number of rotatable bonds is 7. The zero-order valence-electron chi connectivity index (χ0n) is 18.3. The van der Waals surface area contributed by atoms with Crippen molar-refractivity contribution in [2.75, 3.05) is 7.11 Å². The summed E-state index contributed by atoms with van der Waals surface area (Å²) in [6, 6.07) is 9.48. The molecule has 0 bridgehead atoms. The maximum atomic E-state index is 12.8. The Morgan fingerprint density at radius 1 is 1.12 bits per heavy atom. The molecular weight excluding hydrogens is 412 g/mol. The van der Waals surface area contributed by atoms with Gasteiger partial charge in [-0.25, -0.2) is 0 Å². The number of Topliss-reactive ketones (excluding diaryl/α,β-unsaturated/α-hetero) is 1. The fraction of sp³-hybridized carbons (Fsp3) is 0.360. The van der Waals surface area contributed by atoms with E-state index in [1.165, 1.54) is 25.1 Å². The van der Waals surface area contributed by atoms with Crippen molar-refractivity contribution in [3.63, 3.8) is 0 Å². The molecule has 0 radical (unpaired) electrons. The standard InChI is InChI=1S/C25H26O7/c1-14(26)15(2)30-18-11-19(27)25-20(28)13-22(32-24(25)12-18)16-8-9-21(29-3)23(10-16)31-17-6-4-5-7-17/h8-13,15,17,27H,4-7H2,1-3H3. The molecule has 4 rings (SSSR count). The molecule has 1 aliphatic carbocycles. The first-order valence-electron chi connectivity index (χ1n) is 10.7. The van der Waals surface area contributed by atoms with E-state index in [4.69, 9.17) is 18.6 Å². The van der Waals surface area contributed by atoms with Crippen LogP contribution in [0, 0.1) is 0 Å². The zero-order valence-corrected chi connectivity index (χ0v) is 18.3. The first-order chi connectivity index (χ1) is 15.4. The number of phenols is 1. The van der Waals surface area contributed by atoms with E-state index in [1.54, 1.807) is 32.2 Å². The van der Waals surface area contributed by atoms with Crippen LogP contribution in [-0.2, 0) is 4.79 Å². The minimum absolute atomic E-state index is 0.0486. The molecule has 1 aromatic heterocycles. The van der Waals surface area contributed by atoms with E-state index in [9.17, 15) is 14.7 Å². The van der Waals surface area contributed by atoms with Crippen molar-refractivity contribution in [1.29, 1.82) is 0 Å². The highest BCUT2D eigenvalue weighted by molar-refractivity contribution is 5.86. The number of phenolic OH excluding ortho intramolecular Hbond substituents is 1. The fourth-order valence-corrected chi connectivity index (χ4v) is 3.85. The molecule has 1 atom stereocenters. The molecule has 7 nitrogen and oxygen atoms in total. The smallest absolute Gasteiger partial charge is 0.197 e. The van der Waals surface area contributed by atoms with E-state index in [0.29, 0.717) is 22.8 Å². The maximum absolute atomic E-state index is 12.8. The Balaban J connectivity index is 1.75. The highest BCUT2D eigenvalue weighted by Crippen LogP contribution is 2.37. The van der Waals surface area contributed by atoms with Crippen LogP contribution in [0.1, 0.15) is 39.5 Å². The van der Waals surface area contributed by atoms with Crippen molar-refractivity contribution >= 4 is 16.8 Å². The molecule has 1 saturated carbocycles. The Morgan fingerprint density at radius 3 is 2.56 bits per heavy atom. The summed E-state index contributed by atoms with van der Waals surface area (Å²) in [7, 11) is 1.58. The zero-order chi connectivity index (χ0) is 22.8. The summed E-state index contributed by atoms with van der Waals surface area (Å²) in [5, 5.41) is 10.4. The number of benzene rings is 2. The monoisotopic (exact) mass is 438 g/mol. The van der Waals surface area contributed by atoms with Crippen LogP contribution >= 0.6 is 0 Å². The van der Waals surface area contributed by atoms with Gasteiger partial charge in [0.2, 0.25) is 0 Å².